The highest BCUT2D eigenvalue weighted by Gasteiger charge is 2.10. The summed E-state index contributed by atoms with van der Waals surface area (Å²) in [5.74, 6) is -0.735. The van der Waals surface area contributed by atoms with E-state index in [1.165, 1.54) is 17.4 Å². The molecule has 0 saturated heterocycles. The van der Waals surface area contributed by atoms with E-state index in [4.69, 9.17) is 5.11 Å². The van der Waals surface area contributed by atoms with Crippen LogP contribution >= 0.6 is 0 Å². The molecule has 130 valence electrons. The zero-order chi connectivity index (χ0) is 17.7. The van der Waals surface area contributed by atoms with Crippen molar-refractivity contribution < 1.29 is 18.3 Å². The Morgan fingerprint density at radius 3 is 2.42 bits per heavy atom. The van der Waals surface area contributed by atoms with Gasteiger partial charge in [0.05, 0.1) is 4.90 Å². The standard InChI is InChI=1S/C19H24O4S/c1-14-9-10-15-13-16(24(2,22)23)11-12-18(15)17(14)7-5-3-4-6-8-19(20)21/h9-13H,3-8H2,1-2H3,(H,20,21). The highest BCUT2D eigenvalue weighted by atomic mass is 32.2. The second-order valence-electron chi connectivity index (χ2n) is 6.32. The molecule has 0 unspecified atom stereocenters. The van der Waals surface area contributed by atoms with Gasteiger partial charge in [-0.25, -0.2) is 8.42 Å². The van der Waals surface area contributed by atoms with Crippen LogP contribution in [-0.4, -0.2) is 25.7 Å². The third-order valence-corrected chi connectivity index (χ3v) is 5.44. The predicted octanol–water partition coefficient (Wildman–Crippen LogP) is 4.13. The minimum atomic E-state index is -3.20. The highest BCUT2D eigenvalue weighted by Crippen LogP contribution is 2.26. The largest absolute Gasteiger partial charge is 0.481 e. The van der Waals surface area contributed by atoms with Crippen LogP contribution in [0.5, 0.6) is 0 Å². The minimum Gasteiger partial charge on any atom is -0.481 e. The summed E-state index contributed by atoms with van der Waals surface area (Å²) in [7, 11) is -3.20. The average Bonchev–Trinajstić information content (AvgIpc) is 2.50. The van der Waals surface area contributed by atoms with Gasteiger partial charge in [-0.2, -0.15) is 0 Å². The number of rotatable bonds is 8. The lowest BCUT2D eigenvalue weighted by molar-refractivity contribution is -0.137. The van der Waals surface area contributed by atoms with E-state index in [1.54, 1.807) is 12.1 Å². The van der Waals surface area contributed by atoms with E-state index in [1.807, 2.05) is 18.2 Å². The molecule has 0 heterocycles. The van der Waals surface area contributed by atoms with Gasteiger partial charge in [0.2, 0.25) is 0 Å². The molecule has 1 N–H and O–H groups in total. The Labute approximate surface area is 143 Å². The lowest BCUT2D eigenvalue weighted by Gasteiger charge is -2.11. The number of carboxylic acid groups (broad SMARTS) is 1. The Kier molecular flexibility index (Phi) is 5.99. The molecule has 0 aliphatic carbocycles. The van der Waals surface area contributed by atoms with Crippen molar-refractivity contribution in [3.63, 3.8) is 0 Å². The summed E-state index contributed by atoms with van der Waals surface area (Å²) in [6, 6.07) is 9.32. The third-order valence-electron chi connectivity index (χ3n) is 4.33. The van der Waals surface area contributed by atoms with Gasteiger partial charge in [-0.3, -0.25) is 4.79 Å². The van der Waals surface area contributed by atoms with Gasteiger partial charge in [0.15, 0.2) is 9.84 Å². The maximum absolute atomic E-state index is 11.7. The molecule has 4 nitrogen and oxygen atoms in total. The second kappa shape index (κ2) is 7.79. The Bertz CT molecular complexity index is 838. The van der Waals surface area contributed by atoms with E-state index in [2.05, 4.69) is 6.92 Å². The van der Waals surface area contributed by atoms with Crippen molar-refractivity contribution in [1.29, 1.82) is 0 Å². The first-order chi connectivity index (χ1) is 11.3. The van der Waals surface area contributed by atoms with E-state index in [0.717, 1.165) is 42.9 Å². The Morgan fingerprint density at radius 2 is 1.75 bits per heavy atom. The smallest absolute Gasteiger partial charge is 0.303 e. The topological polar surface area (TPSA) is 71.4 Å². The number of aryl methyl sites for hydroxylation is 2. The first kappa shape index (κ1) is 18.5. The fourth-order valence-electron chi connectivity index (χ4n) is 2.98. The van der Waals surface area contributed by atoms with Crippen molar-refractivity contribution >= 4 is 26.6 Å². The Balaban J connectivity index is 2.12. The van der Waals surface area contributed by atoms with Crippen molar-refractivity contribution in [2.75, 3.05) is 6.26 Å². The summed E-state index contributed by atoms with van der Waals surface area (Å²) in [5, 5.41) is 10.7. The number of carboxylic acids is 1. The molecule has 0 saturated carbocycles. The molecule has 0 spiro atoms. The van der Waals surface area contributed by atoms with Crippen LogP contribution in [0, 0.1) is 6.92 Å². The summed E-state index contributed by atoms with van der Waals surface area (Å²) < 4.78 is 23.4. The number of aliphatic carboxylic acids is 1. The normalized spacial score (nSPS) is 11.8. The SMILES string of the molecule is Cc1ccc2cc(S(C)(=O)=O)ccc2c1CCCCCCC(=O)O. The number of carbonyl (C=O) groups is 1. The van der Waals surface area contributed by atoms with Gasteiger partial charge in [0.25, 0.3) is 0 Å². The summed E-state index contributed by atoms with van der Waals surface area (Å²) in [6.07, 6.45) is 6.05. The molecule has 0 amide bonds. The van der Waals surface area contributed by atoms with E-state index in [9.17, 15) is 13.2 Å². The molecule has 0 bridgehead atoms. The molecule has 0 fully saturated rings. The zero-order valence-electron chi connectivity index (χ0n) is 14.2. The number of hydrogen-bond donors (Lipinski definition) is 1. The van der Waals surface area contributed by atoms with E-state index < -0.39 is 15.8 Å². The van der Waals surface area contributed by atoms with Crippen LogP contribution in [-0.2, 0) is 21.1 Å². The van der Waals surface area contributed by atoms with Gasteiger partial charge in [0, 0.05) is 12.7 Å². The molecule has 0 aromatic heterocycles. The van der Waals surface area contributed by atoms with Crippen molar-refractivity contribution in [2.45, 2.75) is 50.3 Å². The van der Waals surface area contributed by atoms with Crippen molar-refractivity contribution in [2.24, 2.45) is 0 Å². The van der Waals surface area contributed by atoms with Crippen LogP contribution < -0.4 is 0 Å². The van der Waals surface area contributed by atoms with Crippen LogP contribution in [0.4, 0.5) is 0 Å². The van der Waals surface area contributed by atoms with Crippen molar-refractivity contribution in [3.05, 3.63) is 41.5 Å². The quantitative estimate of drug-likeness (QED) is 0.728. The molecule has 24 heavy (non-hydrogen) atoms. The summed E-state index contributed by atoms with van der Waals surface area (Å²) >= 11 is 0. The second-order valence-corrected chi connectivity index (χ2v) is 8.34. The number of unbranched alkanes of at least 4 members (excludes halogenated alkanes) is 3. The van der Waals surface area contributed by atoms with E-state index in [0.29, 0.717) is 4.90 Å². The van der Waals surface area contributed by atoms with Crippen LogP contribution in [0.25, 0.3) is 10.8 Å². The van der Waals surface area contributed by atoms with Gasteiger partial charge >= 0.3 is 5.97 Å². The minimum absolute atomic E-state index is 0.238. The van der Waals surface area contributed by atoms with Crippen molar-refractivity contribution in [1.82, 2.24) is 0 Å². The summed E-state index contributed by atoms with van der Waals surface area (Å²) in [4.78, 5) is 10.8. The summed E-state index contributed by atoms with van der Waals surface area (Å²) in [5.41, 5.74) is 2.46. The van der Waals surface area contributed by atoms with E-state index in [-0.39, 0.29) is 6.42 Å². The summed E-state index contributed by atoms with van der Waals surface area (Å²) in [6.45, 7) is 2.07. The third kappa shape index (κ3) is 4.81. The van der Waals surface area contributed by atoms with Crippen molar-refractivity contribution in [3.8, 4) is 0 Å². The zero-order valence-corrected chi connectivity index (χ0v) is 15.0. The number of benzene rings is 2. The lowest BCUT2D eigenvalue weighted by Crippen LogP contribution is -1.98. The monoisotopic (exact) mass is 348 g/mol. The fourth-order valence-corrected chi connectivity index (χ4v) is 3.63. The Morgan fingerprint density at radius 1 is 1.04 bits per heavy atom. The first-order valence-corrected chi connectivity index (χ1v) is 10.1. The lowest BCUT2D eigenvalue weighted by atomic mass is 9.95. The van der Waals surface area contributed by atoms with Gasteiger partial charge in [0.1, 0.15) is 0 Å². The molecule has 0 radical (unpaired) electrons. The number of sulfone groups is 1. The molecular formula is C19H24O4S. The van der Waals surface area contributed by atoms with Gasteiger partial charge in [-0.15, -0.1) is 0 Å². The fraction of sp³-hybridized carbons (Fsp3) is 0.421. The molecule has 0 atom stereocenters. The molecule has 2 aromatic carbocycles. The molecule has 2 aromatic rings. The molecule has 0 aliphatic heterocycles. The molecule has 5 heteroatoms. The predicted molar refractivity (Wildman–Crippen MR) is 96.2 cm³/mol. The number of hydrogen-bond acceptors (Lipinski definition) is 3. The number of fused-ring (bicyclic) bond motifs is 1. The Hall–Kier alpha value is -1.88. The van der Waals surface area contributed by atoms with Gasteiger partial charge < -0.3 is 5.11 Å². The molecular weight excluding hydrogens is 324 g/mol. The molecule has 0 aliphatic rings. The van der Waals surface area contributed by atoms with Crippen LogP contribution in [0.15, 0.2) is 35.2 Å². The average molecular weight is 348 g/mol. The highest BCUT2D eigenvalue weighted by molar-refractivity contribution is 7.90. The van der Waals surface area contributed by atoms with E-state index >= 15 is 0 Å². The first-order valence-electron chi connectivity index (χ1n) is 8.23. The van der Waals surface area contributed by atoms with Gasteiger partial charge in [-0.1, -0.05) is 31.0 Å². The van der Waals surface area contributed by atoms with Crippen LogP contribution in [0.3, 0.4) is 0 Å². The van der Waals surface area contributed by atoms with Crippen LogP contribution in [0.1, 0.15) is 43.2 Å². The van der Waals surface area contributed by atoms with Crippen LogP contribution in [0.2, 0.25) is 0 Å². The molecule has 2 rings (SSSR count). The maximum atomic E-state index is 11.7. The van der Waals surface area contributed by atoms with Gasteiger partial charge in [-0.05, 0) is 60.2 Å². The maximum Gasteiger partial charge on any atom is 0.303 e.